The van der Waals surface area contributed by atoms with E-state index in [2.05, 4.69) is 234 Å². The van der Waals surface area contributed by atoms with E-state index < -0.39 is 13.8 Å². The van der Waals surface area contributed by atoms with Gasteiger partial charge in [-0.2, -0.15) is 0 Å². The molecule has 0 spiro atoms. The van der Waals surface area contributed by atoms with Crippen LogP contribution in [0.3, 0.4) is 0 Å². The van der Waals surface area contributed by atoms with Crippen molar-refractivity contribution in [2.24, 2.45) is 17.8 Å². The van der Waals surface area contributed by atoms with Crippen molar-refractivity contribution in [3.8, 4) is 0 Å². The Labute approximate surface area is 619 Å². The van der Waals surface area contributed by atoms with E-state index in [4.69, 9.17) is 19.4 Å². The maximum atomic E-state index is 9.38. The van der Waals surface area contributed by atoms with E-state index in [1.807, 2.05) is 97.1 Å². The van der Waals surface area contributed by atoms with E-state index in [0.717, 1.165) is 77.1 Å². The highest BCUT2D eigenvalue weighted by Crippen LogP contribution is 2.21. The lowest BCUT2D eigenvalue weighted by Crippen LogP contribution is -2.30. The van der Waals surface area contributed by atoms with Gasteiger partial charge in [-0.1, -0.05) is 324 Å². The molecule has 6 heterocycles. The molecule has 101 heavy (non-hydrogen) atoms. The van der Waals surface area contributed by atoms with Crippen molar-refractivity contribution in [2.75, 3.05) is 0 Å². The first-order chi connectivity index (χ1) is 47.4. The third-order valence-corrected chi connectivity index (χ3v) is 14.9. The molecule has 0 aliphatic carbocycles. The maximum Gasteiger partial charge on any atom is 0.340 e. The number of benzene rings is 5. The lowest BCUT2D eigenvalue weighted by molar-refractivity contribution is 0.333. The van der Waals surface area contributed by atoms with Crippen LogP contribution in [0.1, 0.15) is 211 Å². The second-order valence-corrected chi connectivity index (χ2v) is 30.0. The predicted molar refractivity (Wildman–Crippen MR) is 450 cm³/mol. The molecule has 3 aliphatic heterocycles. The highest BCUT2D eigenvalue weighted by Gasteiger charge is 2.25. The van der Waals surface area contributed by atoms with Crippen LogP contribution >= 0.6 is 0 Å². The first-order valence-corrected chi connectivity index (χ1v) is 37.3. The summed E-state index contributed by atoms with van der Waals surface area (Å²) in [6.45, 7) is 56.8. The Morgan fingerprint density at radius 3 is 1.29 bits per heavy atom. The van der Waals surface area contributed by atoms with Crippen molar-refractivity contribution >= 4 is 81.3 Å². The van der Waals surface area contributed by atoms with Gasteiger partial charge >= 0.3 is 41.5 Å². The van der Waals surface area contributed by atoms with Crippen molar-refractivity contribution in [3.63, 3.8) is 0 Å². The highest BCUT2D eigenvalue weighted by atomic mass is 16.4. The third-order valence-electron chi connectivity index (χ3n) is 14.9. The van der Waals surface area contributed by atoms with Crippen LogP contribution in [0.4, 0.5) is 0 Å². The summed E-state index contributed by atoms with van der Waals surface area (Å²) in [7, 11) is 0. The van der Waals surface area contributed by atoms with Crippen molar-refractivity contribution in [1.82, 2.24) is 15.0 Å². The molecule has 0 radical (unpaired) electrons. The summed E-state index contributed by atoms with van der Waals surface area (Å²) in [4.78, 5) is 12.3. The van der Waals surface area contributed by atoms with E-state index in [0.29, 0.717) is 29.6 Å². The van der Waals surface area contributed by atoms with Crippen molar-refractivity contribution < 1.29 is 34.4 Å². The number of aryl methyl sites for hydroxylation is 2. The Hall–Kier alpha value is -6.28. The second kappa shape index (κ2) is 53.5. The molecule has 0 atom stereocenters. The minimum absolute atomic E-state index is 0.167. The van der Waals surface area contributed by atoms with Crippen LogP contribution in [0.5, 0.6) is 0 Å². The fourth-order valence-corrected chi connectivity index (χ4v) is 9.16. The van der Waals surface area contributed by atoms with Crippen LogP contribution < -0.4 is 32.9 Å². The standard InChI is InChI=1S/2C11H15BO.C10H14.2C9H14BNO.C8H9BO.C7H9BO.C5H5N.3C4H10.C2H7BO/c1-8(2)9-4-5-11-10(6-9)7-13-12(11)3;1-8(2)9-4-5-10-7-13-12(3)11(10)6-9;1-8(2)10-6-4-9(3)5-7-10;1-7(2)9-5-4-8(6-11-9)10(3)12;1-7(2)8-5-4-6-9(11-8)10(3)12;10-9-6-5-7-3-1-2-4-8(7)9;1-8(9)7-5-3-2-4-6-7;1-2-4-6-5-3-1;3*1-4(2)3;1-3(2)4/h2*4-6,8H,7H2,1-3H3;4-8H,1-3H3;2*4-7,12H,1-3H3;1-4,10H,5-6H2;2-6,9H,1H3;1-5H;3*4H,1-3H3;4H,1-2H3. The smallest absolute Gasteiger partial charge is 0.340 e. The van der Waals surface area contributed by atoms with E-state index in [1.54, 1.807) is 52.7 Å². The maximum absolute atomic E-state index is 9.38. The Balaban J connectivity index is 0.00000110. The quantitative estimate of drug-likeness (QED) is 0.0928. The molecule has 5 N–H and O–H groups in total. The lowest BCUT2D eigenvalue weighted by atomic mass is 9.63. The first kappa shape index (κ1) is 94.7. The van der Waals surface area contributed by atoms with Gasteiger partial charge < -0.3 is 34.4 Å². The number of hydrogen-bond donors (Lipinski definition) is 5. The molecular weight excluding hydrogens is 1240 g/mol. The molecule has 0 amide bonds. The van der Waals surface area contributed by atoms with Crippen LogP contribution in [0.25, 0.3) is 0 Å². The van der Waals surface area contributed by atoms with Gasteiger partial charge in [0.1, 0.15) is 0 Å². The fraction of sp³-hybridized carbons (Fsp3) is 0.464. The largest absolute Gasteiger partial charge is 0.451 e. The SMILES string of the molecule is CB(C)O.CB(O)c1ccc(C(C)C)nc1.CB(O)c1cccc(C(C)C)n1.CB(O)c1ccccc1.CB1OCc2cc(C(C)C)ccc21.CB1OCc2ccc(C(C)C)cc21.CC(C)C.CC(C)C.CC(C)C.Cc1ccc(C(C)C)cc1.OB1CCc2ccccc21.c1ccncc1. The van der Waals surface area contributed by atoms with Crippen molar-refractivity contribution in [3.05, 3.63) is 233 Å². The molecule has 0 bridgehead atoms. The van der Waals surface area contributed by atoms with Gasteiger partial charge in [0.15, 0.2) is 0 Å². The zero-order valence-electron chi connectivity index (χ0n) is 67.7. The third kappa shape index (κ3) is 44.1. The van der Waals surface area contributed by atoms with Crippen LogP contribution in [-0.2, 0) is 28.9 Å². The number of hydrogen-bond acceptors (Lipinski definition) is 10. The molecule has 11 rings (SSSR count). The zero-order chi connectivity index (χ0) is 76.9. The average Bonchev–Trinajstić information content (AvgIpc) is 1.71. The summed E-state index contributed by atoms with van der Waals surface area (Å²) >= 11 is 0. The number of nitrogens with zero attached hydrogens (tertiary/aromatic N) is 3. The molecule has 0 saturated carbocycles. The minimum Gasteiger partial charge on any atom is -0.451 e. The normalized spacial score (nSPS) is 11.6. The molecule has 0 fully saturated rings. The average molecular weight is 1370 g/mol. The Bertz CT molecular complexity index is 3230. The van der Waals surface area contributed by atoms with E-state index in [-0.39, 0.29) is 34.6 Å². The second-order valence-electron chi connectivity index (χ2n) is 30.0. The molecule has 17 heteroatoms. The van der Waals surface area contributed by atoms with Crippen LogP contribution in [0.2, 0.25) is 54.1 Å². The molecule has 0 saturated heterocycles. The zero-order valence-corrected chi connectivity index (χ0v) is 67.7. The Morgan fingerprint density at radius 1 is 0.406 bits per heavy atom. The minimum atomic E-state index is -0.469. The molecule has 5 aromatic carbocycles. The van der Waals surface area contributed by atoms with Gasteiger partial charge in [-0.3, -0.25) is 15.0 Å². The number of rotatable bonds is 8. The summed E-state index contributed by atoms with van der Waals surface area (Å²) in [6, 6.07) is 55.2. The molecular formula is C84H132B7N3O7. The summed E-state index contributed by atoms with van der Waals surface area (Å²) in [6.07, 6.45) is 7.18. The van der Waals surface area contributed by atoms with Crippen LogP contribution in [-0.4, -0.2) is 88.5 Å². The number of aromatic nitrogens is 3. The molecule has 3 aliphatic rings. The number of pyridine rings is 3. The van der Waals surface area contributed by atoms with Gasteiger partial charge in [-0.05, 0) is 152 Å². The van der Waals surface area contributed by atoms with Crippen molar-refractivity contribution in [1.29, 1.82) is 0 Å². The molecule has 3 aromatic heterocycles. The highest BCUT2D eigenvalue weighted by molar-refractivity contribution is 6.69. The predicted octanol–water partition coefficient (Wildman–Crippen LogP) is 16.7. The van der Waals surface area contributed by atoms with Gasteiger partial charge in [0, 0.05) is 35.6 Å². The van der Waals surface area contributed by atoms with Gasteiger partial charge in [0.2, 0.25) is 0 Å². The summed E-state index contributed by atoms with van der Waals surface area (Å²) < 4.78 is 11.1. The molecule has 0 unspecified atom stereocenters. The van der Waals surface area contributed by atoms with E-state index in [9.17, 15) is 15.1 Å². The Morgan fingerprint density at radius 2 is 0.861 bits per heavy atom. The van der Waals surface area contributed by atoms with E-state index >= 15 is 0 Å². The van der Waals surface area contributed by atoms with Gasteiger partial charge in [0.25, 0.3) is 6.92 Å². The molecule has 10 nitrogen and oxygen atoms in total. The fourth-order valence-electron chi connectivity index (χ4n) is 9.16. The monoisotopic (exact) mass is 1370 g/mol. The van der Waals surface area contributed by atoms with Gasteiger partial charge in [-0.15, -0.1) is 0 Å². The van der Waals surface area contributed by atoms with Crippen LogP contribution in [0.15, 0.2) is 182 Å². The topological polar surface area (TPSA) is 158 Å². The lowest BCUT2D eigenvalue weighted by Gasteiger charge is -2.07. The summed E-state index contributed by atoms with van der Waals surface area (Å²) in [5.74, 6) is 5.25. The number of fused-ring (bicyclic) bond motifs is 3. The van der Waals surface area contributed by atoms with Gasteiger partial charge in [-0.25, -0.2) is 0 Å². The Kier molecular flexibility index (Phi) is 50.2. The van der Waals surface area contributed by atoms with Gasteiger partial charge in [0.05, 0.1) is 13.2 Å². The van der Waals surface area contributed by atoms with Crippen molar-refractivity contribution in [2.45, 2.75) is 242 Å². The molecule has 8 aromatic rings. The summed E-state index contributed by atoms with van der Waals surface area (Å²) in [5, 5.41) is 44.9. The summed E-state index contributed by atoms with van der Waals surface area (Å²) in [5.41, 5.74) is 18.2. The van der Waals surface area contributed by atoms with Crippen LogP contribution in [0, 0.1) is 24.7 Å². The first-order valence-electron chi connectivity index (χ1n) is 37.3. The molecule has 546 valence electrons. The van der Waals surface area contributed by atoms with E-state index in [1.165, 1.54) is 49.9 Å².